The number of aromatic nitrogens is 3. The Balaban J connectivity index is 0.00000192. The second-order valence-electron chi connectivity index (χ2n) is 5.43. The summed E-state index contributed by atoms with van der Waals surface area (Å²) >= 11 is 0. The molecule has 0 aliphatic carbocycles. The summed E-state index contributed by atoms with van der Waals surface area (Å²) in [5.41, 5.74) is 10.0. The van der Waals surface area contributed by atoms with Gasteiger partial charge in [-0.15, -0.1) is 12.4 Å². The van der Waals surface area contributed by atoms with Crippen LogP contribution in [0.4, 0.5) is 11.4 Å². The van der Waals surface area contributed by atoms with E-state index in [1.807, 2.05) is 37.3 Å². The predicted molar refractivity (Wildman–Crippen MR) is 95.5 cm³/mol. The quantitative estimate of drug-likeness (QED) is 0.494. The Morgan fingerprint density at radius 2 is 2.04 bits per heavy atom. The molecule has 0 atom stereocenters. The molecule has 7 heteroatoms. The highest BCUT2D eigenvalue weighted by molar-refractivity contribution is 5.85. The van der Waals surface area contributed by atoms with Gasteiger partial charge in [0.25, 0.3) is 0 Å². The van der Waals surface area contributed by atoms with Crippen LogP contribution < -0.4 is 16.7 Å². The zero-order chi connectivity index (χ0) is 15.5. The molecule has 0 aliphatic heterocycles. The molecule has 0 aliphatic rings. The number of aromatic amines is 1. The van der Waals surface area contributed by atoms with E-state index in [-0.39, 0.29) is 18.1 Å². The summed E-state index contributed by atoms with van der Waals surface area (Å²) in [7, 11) is 0. The van der Waals surface area contributed by atoms with Gasteiger partial charge in [0.05, 0.1) is 5.69 Å². The standard InChI is InChI=1S/C16H19N5O.ClH/c1-11-9-14(15-19-20-16(22)21(15)10-11)18-8-2-3-12-4-6-13(17)7-5-12;/h4-7,9-10,18H,2-3,8,17H2,1H3,(H,20,22);1H. The zero-order valence-corrected chi connectivity index (χ0v) is 13.7. The van der Waals surface area contributed by atoms with Crippen LogP contribution in [0.5, 0.6) is 0 Å². The predicted octanol–water partition coefficient (Wildman–Crippen LogP) is 2.38. The minimum absolute atomic E-state index is 0. The van der Waals surface area contributed by atoms with E-state index >= 15 is 0 Å². The number of pyridine rings is 1. The molecule has 0 unspecified atom stereocenters. The SMILES string of the molecule is Cc1cc(NCCCc2ccc(N)cc2)c2n[nH]c(=O)n2c1.Cl. The Morgan fingerprint density at radius 3 is 2.78 bits per heavy atom. The maximum atomic E-state index is 11.6. The largest absolute Gasteiger partial charge is 0.399 e. The van der Waals surface area contributed by atoms with Crippen molar-refractivity contribution in [3.8, 4) is 0 Å². The van der Waals surface area contributed by atoms with Crippen molar-refractivity contribution in [3.63, 3.8) is 0 Å². The summed E-state index contributed by atoms with van der Waals surface area (Å²) in [5.74, 6) is 0. The Labute approximate surface area is 140 Å². The maximum Gasteiger partial charge on any atom is 0.347 e. The van der Waals surface area contributed by atoms with Gasteiger partial charge in [-0.2, -0.15) is 5.10 Å². The molecule has 0 saturated heterocycles. The molecule has 6 nitrogen and oxygen atoms in total. The van der Waals surface area contributed by atoms with Gasteiger partial charge in [0.1, 0.15) is 0 Å². The van der Waals surface area contributed by atoms with Gasteiger partial charge in [-0.3, -0.25) is 0 Å². The van der Waals surface area contributed by atoms with Crippen LogP contribution in [0.15, 0.2) is 41.3 Å². The van der Waals surface area contributed by atoms with Gasteiger partial charge >= 0.3 is 5.69 Å². The van der Waals surface area contributed by atoms with Gasteiger partial charge in [-0.25, -0.2) is 14.3 Å². The Bertz CT molecular complexity index is 838. The minimum Gasteiger partial charge on any atom is -0.399 e. The van der Waals surface area contributed by atoms with Crippen molar-refractivity contribution in [1.29, 1.82) is 0 Å². The first kappa shape index (κ1) is 16.9. The van der Waals surface area contributed by atoms with E-state index in [0.717, 1.165) is 36.3 Å². The van der Waals surface area contributed by atoms with E-state index in [0.29, 0.717) is 5.65 Å². The highest BCUT2D eigenvalue weighted by Crippen LogP contribution is 2.15. The number of aryl methyl sites for hydroxylation is 2. The van der Waals surface area contributed by atoms with E-state index in [2.05, 4.69) is 15.5 Å². The van der Waals surface area contributed by atoms with Gasteiger partial charge in [-0.05, 0) is 49.1 Å². The molecule has 4 N–H and O–H groups in total. The Hall–Kier alpha value is -2.47. The average molecular weight is 334 g/mol. The number of halogens is 1. The molecule has 0 bridgehead atoms. The molecule has 0 saturated carbocycles. The molecule has 0 amide bonds. The van der Waals surface area contributed by atoms with E-state index < -0.39 is 0 Å². The molecule has 1 aromatic carbocycles. The number of benzene rings is 1. The molecule has 0 spiro atoms. The van der Waals surface area contributed by atoms with Crippen LogP contribution >= 0.6 is 12.4 Å². The number of nitrogens with zero attached hydrogens (tertiary/aromatic N) is 2. The first-order chi connectivity index (χ1) is 10.6. The van der Waals surface area contributed by atoms with E-state index in [1.54, 1.807) is 6.20 Å². The number of hydrogen-bond donors (Lipinski definition) is 3. The average Bonchev–Trinajstić information content (AvgIpc) is 2.87. The number of nitrogens with one attached hydrogen (secondary N) is 2. The topological polar surface area (TPSA) is 88.2 Å². The number of anilines is 2. The van der Waals surface area contributed by atoms with Crippen LogP contribution in [0.1, 0.15) is 17.5 Å². The Morgan fingerprint density at radius 1 is 1.30 bits per heavy atom. The zero-order valence-electron chi connectivity index (χ0n) is 12.9. The number of nitrogens with two attached hydrogens (primary N) is 1. The molecular formula is C16H20ClN5O. The van der Waals surface area contributed by atoms with Crippen LogP contribution in [0.2, 0.25) is 0 Å². The van der Waals surface area contributed by atoms with E-state index in [1.165, 1.54) is 9.96 Å². The molecule has 3 aromatic rings. The fourth-order valence-corrected chi connectivity index (χ4v) is 2.48. The second kappa shape index (κ2) is 7.19. The summed E-state index contributed by atoms with van der Waals surface area (Å²) in [6.45, 7) is 2.77. The molecule has 0 fully saturated rings. The van der Waals surface area contributed by atoms with Gasteiger partial charge in [0, 0.05) is 18.4 Å². The molecule has 122 valence electrons. The minimum atomic E-state index is -0.219. The highest BCUT2D eigenvalue weighted by Gasteiger charge is 2.06. The van der Waals surface area contributed by atoms with Crippen molar-refractivity contribution in [2.24, 2.45) is 0 Å². The van der Waals surface area contributed by atoms with Gasteiger partial charge in [0.2, 0.25) is 0 Å². The van der Waals surface area contributed by atoms with Gasteiger partial charge < -0.3 is 11.1 Å². The van der Waals surface area contributed by atoms with Crippen LogP contribution in [0, 0.1) is 6.92 Å². The molecule has 0 radical (unpaired) electrons. The molecule has 3 rings (SSSR count). The van der Waals surface area contributed by atoms with Crippen molar-refractivity contribution >= 4 is 29.4 Å². The van der Waals surface area contributed by atoms with Crippen molar-refractivity contribution in [3.05, 3.63) is 58.1 Å². The summed E-state index contributed by atoms with van der Waals surface area (Å²) < 4.78 is 1.53. The maximum absolute atomic E-state index is 11.6. The number of H-pyrrole nitrogens is 1. The lowest BCUT2D eigenvalue weighted by Gasteiger charge is -2.08. The van der Waals surface area contributed by atoms with Crippen LogP contribution in [0.25, 0.3) is 5.65 Å². The lowest BCUT2D eigenvalue weighted by Crippen LogP contribution is -2.11. The lowest BCUT2D eigenvalue weighted by atomic mass is 10.1. The van der Waals surface area contributed by atoms with Crippen molar-refractivity contribution < 1.29 is 0 Å². The van der Waals surface area contributed by atoms with Crippen molar-refractivity contribution in [2.75, 3.05) is 17.6 Å². The van der Waals surface area contributed by atoms with Gasteiger partial charge in [-0.1, -0.05) is 12.1 Å². The fraction of sp³-hybridized carbons (Fsp3) is 0.250. The second-order valence-corrected chi connectivity index (χ2v) is 5.43. The molecular weight excluding hydrogens is 314 g/mol. The molecule has 2 aromatic heterocycles. The Kier molecular flexibility index (Phi) is 5.28. The summed E-state index contributed by atoms with van der Waals surface area (Å²) in [6.07, 6.45) is 3.74. The lowest BCUT2D eigenvalue weighted by molar-refractivity contribution is 0.862. The summed E-state index contributed by atoms with van der Waals surface area (Å²) in [5, 5.41) is 9.88. The third kappa shape index (κ3) is 3.84. The number of fused-ring (bicyclic) bond motifs is 1. The summed E-state index contributed by atoms with van der Waals surface area (Å²) in [6, 6.07) is 9.94. The normalized spacial score (nSPS) is 10.5. The number of rotatable bonds is 5. The molecule has 2 heterocycles. The monoisotopic (exact) mass is 333 g/mol. The van der Waals surface area contributed by atoms with Gasteiger partial charge in [0.15, 0.2) is 5.65 Å². The van der Waals surface area contributed by atoms with E-state index in [9.17, 15) is 4.79 Å². The smallest absolute Gasteiger partial charge is 0.347 e. The summed E-state index contributed by atoms with van der Waals surface area (Å²) in [4.78, 5) is 11.6. The first-order valence-electron chi connectivity index (χ1n) is 7.29. The van der Waals surface area contributed by atoms with E-state index in [4.69, 9.17) is 5.73 Å². The third-order valence-corrected chi connectivity index (χ3v) is 3.59. The third-order valence-electron chi connectivity index (χ3n) is 3.59. The van der Waals surface area contributed by atoms with Crippen LogP contribution in [-0.4, -0.2) is 21.1 Å². The van der Waals surface area contributed by atoms with Crippen LogP contribution in [0.3, 0.4) is 0 Å². The first-order valence-corrected chi connectivity index (χ1v) is 7.29. The number of hydrogen-bond acceptors (Lipinski definition) is 4. The fourth-order valence-electron chi connectivity index (χ4n) is 2.48. The van der Waals surface area contributed by atoms with Crippen LogP contribution in [-0.2, 0) is 6.42 Å². The molecule has 23 heavy (non-hydrogen) atoms. The number of nitrogen functional groups attached to an aromatic ring is 1. The van der Waals surface area contributed by atoms with Crippen molar-refractivity contribution in [2.45, 2.75) is 19.8 Å². The van der Waals surface area contributed by atoms with Crippen molar-refractivity contribution in [1.82, 2.24) is 14.6 Å². The highest BCUT2D eigenvalue weighted by atomic mass is 35.5.